The van der Waals surface area contributed by atoms with Gasteiger partial charge in [0.1, 0.15) is 19.0 Å². The van der Waals surface area contributed by atoms with E-state index in [1.54, 1.807) is 18.3 Å². The minimum absolute atomic E-state index is 0.179. The minimum atomic E-state index is -0.179. The van der Waals surface area contributed by atoms with Gasteiger partial charge in [-0.25, -0.2) is 4.98 Å². The maximum atomic E-state index is 12.7. The zero-order valence-electron chi connectivity index (χ0n) is 15.8. The zero-order valence-corrected chi connectivity index (χ0v) is 15.8. The second kappa shape index (κ2) is 7.60. The number of aromatic nitrogens is 1. The molecule has 0 radical (unpaired) electrons. The first kappa shape index (κ1) is 17.9. The topological polar surface area (TPSA) is 72.5 Å². The molecule has 1 aliphatic rings. The number of carbonyl (C=O) groups excluding carboxylic acids is 1. The van der Waals surface area contributed by atoms with Gasteiger partial charge in [-0.1, -0.05) is 12.1 Å². The highest BCUT2D eigenvalue weighted by Gasteiger charge is 2.13. The molecule has 0 spiro atoms. The van der Waals surface area contributed by atoms with Crippen LogP contribution in [0.3, 0.4) is 0 Å². The number of hydrogen-bond donors (Lipinski definition) is 2. The van der Waals surface area contributed by atoms with Gasteiger partial charge in [-0.2, -0.15) is 0 Å². The molecule has 2 N–H and O–H groups in total. The van der Waals surface area contributed by atoms with Crippen molar-refractivity contribution in [2.24, 2.45) is 0 Å². The van der Waals surface area contributed by atoms with Crippen LogP contribution < -0.4 is 20.1 Å². The number of nitrogens with zero attached hydrogens (tertiary/aromatic N) is 1. The fourth-order valence-corrected chi connectivity index (χ4v) is 2.97. The van der Waals surface area contributed by atoms with Crippen molar-refractivity contribution in [1.82, 2.24) is 4.98 Å². The summed E-state index contributed by atoms with van der Waals surface area (Å²) < 4.78 is 11.1. The van der Waals surface area contributed by atoms with Crippen LogP contribution in [0.5, 0.6) is 11.5 Å². The van der Waals surface area contributed by atoms with Gasteiger partial charge in [0.05, 0.1) is 0 Å². The molecular formula is C22H21N3O3. The average molecular weight is 375 g/mol. The summed E-state index contributed by atoms with van der Waals surface area (Å²) in [6.07, 6.45) is 1.61. The molecule has 0 saturated carbocycles. The fraction of sp³-hybridized carbons (Fsp3) is 0.182. The van der Waals surface area contributed by atoms with Crippen molar-refractivity contribution < 1.29 is 14.3 Å². The first-order valence-electron chi connectivity index (χ1n) is 9.10. The minimum Gasteiger partial charge on any atom is -0.486 e. The Morgan fingerprint density at radius 2 is 1.79 bits per heavy atom. The maximum absolute atomic E-state index is 12.7. The van der Waals surface area contributed by atoms with Crippen LogP contribution in [-0.4, -0.2) is 24.1 Å². The Labute approximate surface area is 163 Å². The summed E-state index contributed by atoms with van der Waals surface area (Å²) in [7, 11) is 0. The highest BCUT2D eigenvalue weighted by atomic mass is 16.6. The van der Waals surface area contributed by atoms with E-state index in [4.69, 9.17) is 9.47 Å². The van der Waals surface area contributed by atoms with Gasteiger partial charge in [-0.15, -0.1) is 0 Å². The molecule has 1 aliphatic heterocycles. The van der Waals surface area contributed by atoms with Gasteiger partial charge in [0.15, 0.2) is 11.5 Å². The number of ether oxygens (including phenoxy) is 2. The second-order valence-electron chi connectivity index (χ2n) is 6.69. The highest BCUT2D eigenvalue weighted by Crippen LogP contribution is 2.33. The van der Waals surface area contributed by atoms with Crippen LogP contribution in [0.15, 0.2) is 54.7 Å². The molecule has 0 unspecified atom stereocenters. The first-order chi connectivity index (χ1) is 13.6. The lowest BCUT2D eigenvalue weighted by atomic mass is 10.1. The lowest BCUT2D eigenvalue weighted by Gasteiger charge is -2.19. The number of anilines is 3. The summed E-state index contributed by atoms with van der Waals surface area (Å²) in [6, 6.07) is 15.0. The quantitative estimate of drug-likeness (QED) is 0.704. The van der Waals surface area contributed by atoms with E-state index in [2.05, 4.69) is 15.6 Å². The molecule has 0 fully saturated rings. The van der Waals surface area contributed by atoms with E-state index in [1.807, 2.05) is 50.2 Å². The molecular weight excluding hydrogens is 354 g/mol. The Bertz CT molecular complexity index is 1030. The van der Waals surface area contributed by atoms with E-state index in [-0.39, 0.29) is 5.91 Å². The van der Waals surface area contributed by atoms with Crippen molar-refractivity contribution in [1.29, 1.82) is 0 Å². The Balaban J connectivity index is 1.51. The van der Waals surface area contributed by atoms with Gasteiger partial charge in [0.25, 0.3) is 5.91 Å². The van der Waals surface area contributed by atoms with Gasteiger partial charge in [0.2, 0.25) is 0 Å². The van der Waals surface area contributed by atoms with Gasteiger partial charge < -0.3 is 20.1 Å². The van der Waals surface area contributed by atoms with Crippen LogP contribution >= 0.6 is 0 Å². The predicted octanol–water partition coefficient (Wildman–Crippen LogP) is 4.47. The summed E-state index contributed by atoms with van der Waals surface area (Å²) >= 11 is 0. The number of amides is 1. The van der Waals surface area contributed by atoms with Gasteiger partial charge in [-0.05, 0) is 55.3 Å². The Morgan fingerprint density at radius 1 is 0.964 bits per heavy atom. The average Bonchev–Trinajstić information content (AvgIpc) is 2.71. The number of benzene rings is 2. The van der Waals surface area contributed by atoms with Crippen LogP contribution in [-0.2, 0) is 0 Å². The molecule has 0 bridgehead atoms. The molecule has 6 nitrogen and oxygen atoms in total. The third kappa shape index (κ3) is 3.91. The van der Waals surface area contributed by atoms with Crippen LogP contribution in [0.25, 0.3) is 0 Å². The summed E-state index contributed by atoms with van der Waals surface area (Å²) in [4.78, 5) is 17.0. The largest absolute Gasteiger partial charge is 0.486 e. The molecule has 2 aromatic carbocycles. The molecule has 142 valence electrons. The van der Waals surface area contributed by atoms with Crippen LogP contribution in [0.1, 0.15) is 21.5 Å². The third-order valence-electron chi connectivity index (χ3n) is 4.48. The van der Waals surface area contributed by atoms with Crippen molar-refractivity contribution in [3.05, 3.63) is 71.4 Å². The predicted molar refractivity (Wildman–Crippen MR) is 109 cm³/mol. The van der Waals surface area contributed by atoms with Gasteiger partial charge in [-0.3, -0.25) is 4.79 Å². The van der Waals surface area contributed by atoms with Crippen molar-refractivity contribution >= 4 is 23.1 Å². The van der Waals surface area contributed by atoms with E-state index < -0.39 is 0 Å². The van der Waals surface area contributed by atoms with E-state index in [0.717, 1.165) is 28.3 Å². The lowest BCUT2D eigenvalue weighted by molar-refractivity contribution is 0.102. The Hall–Kier alpha value is -3.54. The monoisotopic (exact) mass is 375 g/mol. The van der Waals surface area contributed by atoms with Crippen molar-refractivity contribution in [2.75, 3.05) is 23.8 Å². The number of hydrogen-bond acceptors (Lipinski definition) is 5. The zero-order chi connectivity index (χ0) is 19.5. The lowest BCUT2D eigenvalue weighted by Crippen LogP contribution is -2.15. The van der Waals surface area contributed by atoms with Gasteiger partial charge in [0, 0.05) is 29.2 Å². The standard InChI is InChI=1S/C22H21N3O3/c1-14-3-4-15(2)18(11-14)25-22(26)16-7-8-23-21(12-16)24-17-5-6-19-20(13-17)28-10-9-27-19/h3-8,11-13H,9-10H2,1-2H3,(H,23,24)(H,25,26). The number of rotatable bonds is 4. The normalized spacial score (nSPS) is 12.4. The summed E-state index contributed by atoms with van der Waals surface area (Å²) in [6.45, 7) is 5.05. The SMILES string of the molecule is Cc1ccc(C)c(NC(=O)c2ccnc(Nc3ccc4c(c3)OCCO4)c2)c1. The van der Waals surface area contributed by atoms with Crippen LogP contribution in [0.4, 0.5) is 17.2 Å². The second-order valence-corrected chi connectivity index (χ2v) is 6.69. The van der Waals surface area contributed by atoms with E-state index in [0.29, 0.717) is 30.3 Å². The summed E-state index contributed by atoms with van der Waals surface area (Å²) in [5.41, 5.74) is 4.25. The van der Waals surface area contributed by atoms with Gasteiger partial charge >= 0.3 is 0 Å². The molecule has 6 heteroatoms. The van der Waals surface area contributed by atoms with Crippen molar-refractivity contribution in [3.63, 3.8) is 0 Å². The van der Waals surface area contributed by atoms with E-state index in [1.165, 1.54) is 0 Å². The number of nitrogens with one attached hydrogen (secondary N) is 2. The van der Waals surface area contributed by atoms with Crippen LogP contribution in [0, 0.1) is 13.8 Å². The highest BCUT2D eigenvalue weighted by molar-refractivity contribution is 6.05. The smallest absolute Gasteiger partial charge is 0.255 e. The van der Waals surface area contributed by atoms with Crippen LogP contribution in [0.2, 0.25) is 0 Å². The third-order valence-corrected chi connectivity index (χ3v) is 4.48. The Kier molecular flexibility index (Phi) is 4.85. The molecule has 1 aromatic heterocycles. The molecule has 0 saturated heterocycles. The molecule has 2 heterocycles. The Morgan fingerprint density at radius 3 is 2.64 bits per heavy atom. The summed E-state index contributed by atoms with van der Waals surface area (Å²) in [5, 5.41) is 6.18. The maximum Gasteiger partial charge on any atom is 0.255 e. The molecule has 0 atom stereocenters. The number of carbonyl (C=O) groups is 1. The van der Waals surface area contributed by atoms with Crippen molar-refractivity contribution in [3.8, 4) is 11.5 Å². The van der Waals surface area contributed by atoms with E-state index >= 15 is 0 Å². The number of fused-ring (bicyclic) bond motifs is 1. The molecule has 3 aromatic rings. The summed E-state index contributed by atoms with van der Waals surface area (Å²) in [5.74, 6) is 1.82. The van der Waals surface area contributed by atoms with Crippen molar-refractivity contribution in [2.45, 2.75) is 13.8 Å². The fourth-order valence-electron chi connectivity index (χ4n) is 2.97. The van der Waals surface area contributed by atoms with E-state index in [9.17, 15) is 4.79 Å². The molecule has 0 aliphatic carbocycles. The first-order valence-corrected chi connectivity index (χ1v) is 9.10. The number of pyridine rings is 1. The molecule has 4 rings (SSSR count). The molecule has 28 heavy (non-hydrogen) atoms. The molecule has 1 amide bonds. The number of aryl methyl sites for hydroxylation is 2.